The third-order valence-electron chi connectivity index (χ3n) is 12.0. The van der Waals surface area contributed by atoms with Gasteiger partial charge in [0.15, 0.2) is 11.5 Å². The van der Waals surface area contributed by atoms with Gasteiger partial charge in [0.05, 0.1) is 42.3 Å². The van der Waals surface area contributed by atoms with Gasteiger partial charge < -0.3 is 14.6 Å². The maximum Gasteiger partial charge on any atom is 0.242 e. The number of aromatic nitrogens is 2. The lowest BCUT2D eigenvalue weighted by molar-refractivity contribution is -0.140. The van der Waals surface area contributed by atoms with Crippen LogP contribution in [0.25, 0.3) is 26.7 Å². The van der Waals surface area contributed by atoms with Crippen molar-refractivity contribution in [2.24, 2.45) is 42.1 Å². The number of nitrogens with zero attached hydrogens (tertiary/aromatic N) is 4. The van der Waals surface area contributed by atoms with E-state index < -0.39 is 35.0 Å². The van der Waals surface area contributed by atoms with Gasteiger partial charge in [-0.15, -0.1) is 11.3 Å². The van der Waals surface area contributed by atoms with Crippen molar-refractivity contribution in [3.63, 3.8) is 0 Å². The number of aromatic hydroxyl groups is 1. The molecule has 4 heterocycles. The molecule has 2 saturated heterocycles. The summed E-state index contributed by atoms with van der Waals surface area (Å²) in [4.78, 5) is 60.4. The summed E-state index contributed by atoms with van der Waals surface area (Å²) in [7, 11) is 4.61. The van der Waals surface area contributed by atoms with E-state index in [9.17, 15) is 24.3 Å². The number of aryl methyl sites for hydroxylation is 2. The molecule has 2 aromatic heterocycles. The van der Waals surface area contributed by atoms with Gasteiger partial charge in [0.2, 0.25) is 29.4 Å². The van der Waals surface area contributed by atoms with Crippen molar-refractivity contribution < 1.29 is 33.8 Å². The SMILES string of the molecule is CCN1C(=O)[C@H]2[C@H](CC=C3[C@H]2C[C@H]2C(=O)N(c4cc(-c5sc6ccc(Cl)cc6c5C)nn4C)C(=O)[C@@]2(C)[C@H]3C=Cc2cc(OC)c(O)c(OC)c2)C1=O. The van der Waals surface area contributed by atoms with Gasteiger partial charge in [-0.3, -0.25) is 28.8 Å². The molecule has 0 spiro atoms. The molecule has 4 amide bonds. The average molecular weight is 755 g/mol. The number of amides is 4. The largest absolute Gasteiger partial charge is 0.502 e. The third kappa shape index (κ3) is 5.01. The summed E-state index contributed by atoms with van der Waals surface area (Å²) in [5, 5.41) is 17.0. The molecule has 0 unspecified atom stereocenters. The molecule has 1 saturated carbocycles. The van der Waals surface area contributed by atoms with Crippen molar-refractivity contribution in [1.82, 2.24) is 14.7 Å². The molecule has 3 fully saturated rings. The molecule has 2 aromatic carbocycles. The first kappa shape index (κ1) is 35.1. The van der Waals surface area contributed by atoms with Crippen LogP contribution in [0.15, 0.2) is 54.1 Å². The van der Waals surface area contributed by atoms with E-state index in [4.69, 9.17) is 26.2 Å². The van der Waals surface area contributed by atoms with Crippen LogP contribution in [0.2, 0.25) is 5.02 Å². The maximum absolute atomic E-state index is 15.0. The summed E-state index contributed by atoms with van der Waals surface area (Å²) in [5.74, 6) is -3.37. The van der Waals surface area contributed by atoms with Crippen LogP contribution in [0, 0.1) is 41.9 Å². The Bertz CT molecular complexity index is 2300. The molecular formula is C40H39ClN4O7S. The Labute approximate surface area is 315 Å². The number of likely N-dealkylation sites (tertiary alicyclic amines) is 1. The zero-order chi connectivity index (χ0) is 37.7. The van der Waals surface area contributed by atoms with Crippen LogP contribution < -0.4 is 14.4 Å². The highest BCUT2D eigenvalue weighted by Crippen LogP contribution is 2.61. The zero-order valence-electron chi connectivity index (χ0n) is 30.2. The summed E-state index contributed by atoms with van der Waals surface area (Å²) >= 11 is 7.88. The van der Waals surface area contributed by atoms with Gasteiger partial charge >= 0.3 is 0 Å². The van der Waals surface area contributed by atoms with Gasteiger partial charge in [0.1, 0.15) is 11.5 Å². The quantitative estimate of drug-likeness (QED) is 0.161. The molecular weight excluding hydrogens is 716 g/mol. The highest BCUT2D eigenvalue weighted by Gasteiger charge is 2.67. The van der Waals surface area contributed by atoms with Crippen LogP contribution in [0.5, 0.6) is 17.2 Å². The van der Waals surface area contributed by atoms with E-state index in [-0.39, 0.29) is 53.8 Å². The predicted octanol–water partition coefficient (Wildman–Crippen LogP) is 6.78. The molecule has 4 aliphatic rings. The molecule has 0 radical (unpaired) electrons. The minimum atomic E-state index is -1.22. The number of hydrogen-bond acceptors (Lipinski definition) is 9. The minimum Gasteiger partial charge on any atom is -0.502 e. The number of thiophene rings is 1. The van der Waals surface area contributed by atoms with Gasteiger partial charge in [-0.05, 0) is 86.4 Å². The van der Waals surface area contributed by atoms with E-state index in [0.29, 0.717) is 28.5 Å². The van der Waals surface area contributed by atoms with Crippen LogP contribution in [0.1, 0.15) is 37.8 Å². The van der Waals surface area contributed by atoms with Crippen molar-refractivity contribution in [3.05, 3.63) is 70.3 Å². The first-order valence-electron chi connectivity index (χ1n) is 17.6. The Balaban J connectivity index is 1.24. The fraction of sp³-hybridized carbons (Fsp3) is 0.375. The van der Waals surface area contributed by atoms with Crippen LogP contribution in [0.4, 0.5) is 5.82 Å². The first-order valence-corrected chi connectivity index (χ1v) is 18.8. The molecule has 8 rings (SSSR count). The number of phenolic OH excluding ortho intramolecular Hbond substituents is 1. The van der Waals surface area contributed by atoms with Crippen LogP contribution in [-0.4, -0.2) is 64.2 Å². The zero-order valence-corrected chi connectivity index (χ0v) is 31.7. The number of hydrogen-bond donors (Lipinski definition) is 1. The monoisotopic (exact) mass is 754 g/mol. The highest BCUT2D eigenvalue weighted by molar-refractivity contribution is 7.22. The topological polar surface area (TPSA) is 131 Å². The van der Waals surface area contributed by atoms with Gasteiger partial charge in [-0.25, -0.2) is 4.90 Å². The van der Waals surface area contributed by atoms with Crippen molar-refractivity contribution in [2.45, 2.75) is 33.6 Å². The number of rotatable bonds is 7. The normalized spacial score (nSPS) is 26.8. The van der Waals surface area contributed by atoms with Gasteiger partial charge in [0, 0.05) is 35.3 Å². The molecule has 2 aliphatic heterocycles. The molecule has 4 aromatic rings. The van der Waals surface area contributed by atoms with E-state index in [1.54, 1.807) is 48.2 Å². The molecule has 1 N–H and O–H groups in total. The molecule has 6 atom stereocenters. The van der Waals surface area contributed by atoms with Gasteiger partial charge in [-0.1, -0.05) is 35.4 Å². The molecule has 274 valence electrons. The van der Waals surface area contributed by atoms with Crippen molar-refractivity contribution in [3.8, 4) is 27.8 Å². The highest BCUT2D eigenvalue weighted by atomic mass is 35.5. The predicted molar refractivity (Wildman–Crippen MR) is 202 cm³/mol. The van der Waals surface area contributed by atoms with E-state index in [1.165, 1.54) is 24.0 Å². The lowest BCUT2D eigenvalue weighted by Crippen LogP contribution is -2.49. The second kappa shape index (κ2) is 12.6. The van der Waals surface area contributed by atoms with E-state index in [1.807, 2.05) is 50.3 Å². The summed E-state index contributed by atoms with van der Waals surface area (Å²) in [5.41, 5.74) is 1.94. The van der Waals surface area contributed by atoms with E-state index in [2.05, 4.69) is 0 Å². The summed E-state index contributed by atoms with van der Waals surface area (Å²) in [6, 6.07) is 10.9. The first-order chi connectivity index (χ1) is 25.3. The number of carbonyl (C=O) groups excluding carboxylic acids is 4. The van der Waals surface area contributed by atoms with Crippen LogP contribution >= 0.6 is 22.9 Å². The Morgan fingerprint density at radius 1 is 1.04 bits per heavy atom. The molecule has 13 heteroatoms. The number of phenols is 1. The Kier molecular flexibility index (Phi) is 8.34. The minimum absolute atomic E-state index is 0.139. The fourth-order valence-electron chi connectivity index (χ4n) is 9.25. The fourth-order valence-corrected chi connectivity index (χ4v) is 10.6. The standard InChI is InChI=1S/C40H39ClN4O7S/c1-7-44-36(47)23-11-10-22-25(33(23)38(44)49)17-27-37(48)45(32-18-28(42-43(32)4)35-19(2)24-16-21(41)9-13-31(24)53-35)39(50)40(27,3)26(22)12-8-20-14-29(51-5)34(46)30(15-20)52-6/h8-10,12-16,18,23,25-27,33,46H,7,11,17H2,1-6H3/t23-,25+,26-,27-,33-,40-/m0/s1. The average Bonchev–Trinajstić information content (AvgIpc) is 3.81. The molecule has 11 nitrogen and oxygen atoms in total. The number of ether oxygens (including phenoxy) is 2. The van der Waals surface area contributed by atoms with E-state index >= 15 is 0 Å². The number of anilines is 1. The second-order valence-corrected chi connectivity index (χ2v) is 16.0. The Morgan fingerprint density at radius 3 is 2.43 bits per heavy atom. The Hall–Kier alpha value is -4.94. The molecule has 53 heavy (non-hydrogen) atoms. The maximum atomic E-state index is 15.0. The summed E-state index contributed by atoms with van der Waals surface area (Å²) in [6.07, 6.45) is 6.38. The number of benzene rings is 2. The number of methoxy groups -OCH3 is 2. The van der Waals surface area contributed by atoms with Gasteiger partial charge in [-0.2, -0.15) is 5.10 Å². The summed E-state index contributed by atoms with van der Waals surface area (Å²) < 4.78 is 13.4. The second-order valence-electron chi connectivity index (χ2n) is 14.5. The molecule has 2 aliphatic carbocycles. The Morgan fingerprint density at radius 2 is 1.75 bits per heavy atom. The number of halogens is 1. The van der Waals surface area contributed by atoms with Gasteiger partial charge in [0.25, 0.3) is 0 Å². The lowest BCUT2D eigenvalue weighted by atomic mass is 9.52. The van der Waals surface area contributed by atoms with Crippen LogP contribution in [0.3, 0.4) is 0 Å². The summed E-state index contributed by atoms with van der Waals surface area (Å²) in [6.45, 7) is 5.92. The number of allylic oxidation sites excluding steroid dienone is 3. The number of fused-ring (bicyclic) bond motifs is 5. The van der Waals surface area contributed by atoms with Crippen molar-refractivity contribution >= 4 is 68.5 Å². The van der Waals surface area contributed by atoms with E-state index in [0.717, 1.165) is 26.1 Å². The number of carbonyl (C=O) groups is 4. The smallest absolute Gasteiger partial charge is 0.242 e. The third-order valence-corrected chi connectivity index (χ3v) is 13.5. The van der Waals surface area contributed by atoms with Crippen molar-refractivity contribution in [2.75, 3.05) is 25.7 Å². The van der Waals surface area contributed by atoms with Crippen molar-refractivity contribution in [1.29, 1.82) is 0 Å². The lowest BCUT2D eigenvalue weighted by Gasteiger charge is -2.47. The van der Waals surface area contributed by atoms with Crippen LogP contribution in [-0.2, 0) is 26.2 Å². The number of imide groups is 2. The molecule has 0 bridgehead atoms.